The topological polar surface area (TPSA) is 81.2 Å². The van der Waals surface area contributed by atoms with Crippen LogP contribution in [0.1, 0.15) is 4.88 Å². The Morgan fingerprint density at radius 1 is 1.39 bits per heavy atom. The van der Waals surface area contributed by atoms with Crippen LogP contribution < -0.4 is 11.1 Å². The average molecular weight is 328 g/mol. The number of nitrogens with zero attached hydrogens (tertiary/aromatic N) is 1. The lowest BCUT2D eigenvalue weighted by Gasteiger charge is -2.05. The summed E-state index contributed by atoms with van der Waals surface area (Å²) in [5.74, 6) is 0. The van der Waals surface area contributed by atoms with E-state index in [1.54, 1.807) is 17.4 Å². The number of thiophene rings is 1. The molecular weight excluding hydrogens is 318 g/mol. The van der Waals surface area contributed by atoms with E-state index in [1.807, 2.05) is 11.4 Å². The van der Waals surface area contributed by atoms with Crippen LogP contribution in [0, 0.1) is 10.1 Å². The number of nitro benzene ring substituents is 1. The van der Waals surface area contributed by atoms with Crippen molar-refractivity contribution in [2.75, 3.05) is 11.1 Å². The van der Waals surface area contributed by atoms with Gasteiger partial charge in [0.05, 0.1) is 4.92 Å². The van der Waals surface area contributed by atoms with Crippen molar-refractivity contribution in [2.45, 2.75) is 6.54 Å². The molecule has 0 radical (unpaired) electrons. The van der Waals surface area contributed by atoms with E-state index >= 15 is 0 Å². The third-order valence-corrected chi connectivity index (χ3v) is 3.94. The molecule has 0 spiro atoms. The summed E-state index contributed by atoms with van der Waals surface area (Å²) in [6.45, 7) is 0.608. The van der Waals surface area contributed by atoms with E-state index in [9.17, 15) is 10.1 Å². The van der Waals surface area contributed by atoms with Gasteiger partial charge in [0.2, 0.25) is 0 Å². The molecule has 7 heteroatoms. The highest BCUT2D eigenvalue weighted by molar-refractivity contribution is 9.10. The summed E-state index contributed by atoms with van der Waals surface area (Å²) in [6, 6.07) is 6.49. The molecule has 94 valence electrons. The van der Waals surface area contributed by atoms with E-state index in [0.29, 0.717) is 17.9 Å². The zero-order valence-electron chi connectivity index (χ0n) is 9.22. The summed E-state index contributed by atoms with van der Waals surface area (Å²) in [4.78, 5) is 11.4. The van der Waals surface area contributed by atoms with Gasteiger partial charge in [-0.25, -0.2) is 0 Å². The summed E-state index contributed by atoms with van der Waals surface area (Å²) in [6.07, 6.45) is 0. The fraction of sp³-hybridized carbons (Fsp3) is 0.0909. The van der Waals surface area contributed by atoms with Crippen LogP contribution in [0.4, 0.5) is 17.1 Å². The first-order valence-corrected chi connectivity index (χ1v) is 6.73. The van der Waals surface area contributed by atoms with E-state index in [2.05, 4.69) is 21.2 Å². The quantitative estimate of drug-likeness (QED) is 0.510. The molecule has 1 heterocycles. The Labute approximate surface area is 116 Å². The van der Waals surface area contributed by atoms with Crippen molar-refractivity contribution in [1.82, 2.24) is 0 Å². The highest BCUT2D eigenvalue weighted by Crippen LogP contribution is 2.24. The second-order valence-corrected chi connectivity index (χ2v) is 5.57. The van der Waals surface area contributed by atoms with E-state index in [1.165, 1.54) is 12.1 Å². The number of nitro groups is 1. The Balaban J connectivity index is 2.11. The van der Waals surface area contributed by atoms with Crippen LogP contribution >= 0.6 is 27.3 Å². The maximum Gasteiger partial charge on any atom is 0.273 e. The second kappa shape index (κ2) is 5.36. The van der Waals surface area contributed by atoms with Crippen molar-refractivity contribution < 1.29 is 4.92 Å². The minimum absolute atomic E-state index is 0.00939. The fourth-order valence-electron chi connectivity index (χ4n) is 1.48. The van der Waals surface area contributed by atoms with Gasteiger partial charge in [-0.05, 0) is 28.1 Å². The Bertz CT molecular complexity index is 585. The highest BCUT2D eigenvalue weighted by atomic mass is 79.9. The minimum Gasteiger partial charge on any atom is -0.398 e. The third kappa shape index (κ3) is 3.21. The molecule has 0 aliphatic carbocycles. The number of non-ortho nitro benzene ring substituents is 1. The van der Waals surface area contributed by atoms with Crippen LogP contribution in [0.5, 0.6) is 0 Å². The SMILES string of the molecule is Nc1cc(NCc2cc(Br)cs2)cc([N+](=O)[O-])c1. The van der Waals surface area contributed by atoms with Gasteiger partial charge in [0, 0.05) is 44.8 Å². The zero-order valence-corrected chi connectivity index (χ0v) is 11.6. The van der Waals surface area contributed by atoms with Crippen LogP contribution in [0.2, 0.25) is 0 Å². The second-order valence-electron chi connectivity index (χ2n) is 3.66. The van der Waals surface area contributed by atoms with Crippen LogP contribution in [0.25, 0.3) is 0 Å². The van der Waals surface area contributed by atoms with Crippen molar-refractivity contribution in [3.63, 3.8) is 0 Å². The van der Waals surface area contributed by atoms with Crippen molar-refractivity contribution in [2.24, 2.45) is 0 Å². The first-order chi connectivity index (χ1) is 8.54. The molecule has 0 unspecified atom stereocenters. The van der Waals surface area contributed by atoms with Gasteiger partial charge in [0.1, 0.15) is 0 Å². The molecular formula is C11H10BrN3O2S. The van der Waals surface area contributed by atoms with Gasteiger partial charge in [0.25, 0.3) is 5.69 Å². The molecule has 0 saturated carbocycles. The van der Waals surface area contributed by atoms with Crippen LogP contribution in [0.3, 0.4) is 0 Å². The molecule has 1 aromatic heterocycles. The molecule has 0 aliphatic heterocycles. The molecule has 2 aromatic rings. The summed E-state index contributed by atoms with van der Waals surface area (Å²) in [5, 5.41) is 15.8. The Hall–Kier alpha value is -1.60. The summed E-state index contributed by atoms with van der Waals surface area (Å²) < 4.78 is 1.03. The van der Waals surface area contributed by atoms with Gasteiger partial charge in [-0.15, -0.1) is 11.3 Å². The van der Waals surface area contributed by atoms with Gasteiger partial charge in [0.15, 0.2) is 0 Å². The lowest BCUT2D eigenvalue weighted by Crippen LogP contribution is -2.00. The van der Waals surface area contributed by atoms with Crippen LogP contribution in [0.15, 0.2) is 34.1 Å². The summed E-state index contributed by atoms with van der Waals surface area (Å²) in [5.41, 5.74) is 6.63. The van der Waals surface area contributed by atoms with Crippen molar-refractivity contribution in [3.8, 4) is 0 Å². The lowest BCUT2D eigenvalue weighted by atomic mass is 10.2. The molecule has 0 amide bonds. The zero-order chi connectivity index (χ0) is 13.1. The maximum absolute atomic E-state index is 10.7. The fourth-order valence-corrected chi connectivity index (χ4v) is 2.87. The van der Waals surface area contributed by atoms with Crippen molar-refractivity contribution >= 4 is 44.3 Å². The lowest BCUT2D eigenvalue weighted by molar-refractivity contribution is -0.384. The maximum atomic E-state index is 10.7. The largest absolute Gasteiger partial charge is 0.398 e. The Morgan fingerprint density at radius 2 is 2.17 bits per heavy atom. The Morgan fingerprint density at radius 3 is 2.78 bits per heavy atom. The molecule has 5 nitrogen and oxygen atoms in total. The third-order valence-electron chi connectivity index (χ3n) is 2.24. The first-order valence-electron chi connectivity index (χ1n) is 5.06. The highest BCUT2D eigenvalue weighted by Gasteiger charge is 2.08. The number of hydrogen-bond acceptors (Lipinski definition) is 5. The van der Waals surface area contributed by atoms with E-state index in [4.69, 9.17) is 5.73 Å². The molecule has 0 atom stereocenters. The molecule has 3 N–H and O–H groups in total. The number of hydrogen-bond donors (Lipinski definition) is 2. The minimum atomic E-state index is -0.455. The summed E-state index contributed by atoms with van der Waals surface area (Å²) in [7, 11) is 0. The van der Waals surface area contributed by atoms with Crippen molar-refractivity contribution in [3.05, 3.63) is 49.1 Å². The first kappa shape index (κ1) is 12.8. The van der Waals surface area contributed by atoms with E-state index in [0.717, 1.165) is 9.35 Å². The molecule has 18 heavy (non-hydrogen) atoms. The van der Waals surface area contributed by atoms with E-state index in [-0.39, 0.29) is 5.69 Å². The van der Waals surface area contributed by atoms with Gasteiger partial charge < -0.3 is 11.1 Å². The smallest absolute Gasteiger partial charge is 0.273 e. The number of benzene rings is 1. The normalized spacial score (nSPS) is 10.3. The number of rotatable bonds is 4. The summed E-state index contributed by atoms with van der Waals surface area (Å²) >= 11 is 4.98. The molecule has 0 bridgehead atoms. The van der Waals surface area contributed by atoms with Crippen LogP contribution in [-0.2, 0) is 6.54 Å². The van der Waals surface area contributed by atoms with Crippen LogP contribution in [-0.4, -0.2) is 4.92 Å². The number of nitrogens with two attached hydrogens (primary N) is 1. The van der Waals surface area contributed by atoms with Gasteiger partial charge in [-0.3, -0.25) is 10.1 Å². The van der Waals surface area contributed by atoms with Gasteiger partial charge in [-0.1, -0.05) is 0 Å². The number of halogens is 1. The number of nitrogens with one attached hydrogen (secondary N) is 1. The molecule has 2 rings (SSSR count). The monoisotopic (exact) mass is 327 g/mol. The van der Waals surface area contributed by atoms with E-state index < -0.39 is 4.92 Å². The molecule has 0 aliphatic rings. The van der Waals surface area contributed by atoms with Crippen molar-refractivity contribution in [1.29, 1.82) is 0 Å². The predicted octanol–water partition coefficient (Wildman–Crippen LogP) is 3.61. The number of anilines is 2. The molecule has 0 saturated heterocycles. The molecule has 0 fully saturated rings. The predicted molar refractivity (Wildman–Crippen MR) is 76.9 cm³/mol. The standard InChI is InChI=1S/C11H10BrN3O2S/c12-7-1-11(18-6-7)5-14-9-2-8(13)3-10(4-9)15(16)17/h1-4,6,14H,5,13H2. The molecule has 1 aromatic carbocycles. The average Bonchev–Trinajstić information content (AvgIpc) is 2.72. The van der Waals surface area contributed by atoms with Gasteiger partial charge >= 0.3 is 0 Å². The number of nitrogen functional groups attached to an aromatic ring is 1. The Kier molecular flexibility index (Phi) is 3.83. The van der Waals surface area contributed by atoms with Gasteiger partial charge in [-0.2, -0.15) is 0 Å².